The second-order valence-corrected chi connectivity index (χ2v) is 8.49. The van der Waals surface area contributed by atoms with Gasteiger partial charge in [0.15, 0.2) is 0 Å². The van der Waals surface area contributed by atoms with Crippen molar-refractivity contribution < 1.29 is 14.0 Å². The van der Waals surface area contributed by atoms with E-state index in [-0.39, 0.29) is 18.3 Å². The minimum absolute atomic E-state index is 0.318. The molecule has 1 aromatic heterocycles. The Kier molecular flexibility index (Phi) is 3.57. The highest BCUT2D eigenvalue weighted by Gasteiger charge is 2.51. The first kappa shape index (κ1) is 15.6. The van der Waals surface area contributed by atoms with Crippen LogP contribution in [0.3, 0.4) is 0 Å². The van der Waals surface area contributed by atoms with Crippen molar-refractivity contribution in [3.63, 3.8) is 0 Å². The third-order valence-corrected chi connectivity index (χ3v) is 6.43. The second-order valence-electron chi connectivity index (χ2n) is 7.43. The second kappa shape index (κ2) is 5.28. The summed E-state index contributed by atoms with van der Waals surface area (Å²) in [5, 5.41) is 1.18. The fourth-order valence-corrected chi connectivity index (χ4v) is 4.06. The molecule has 6 heteroatoms. The average molecular weight is 331 g/mol. The Morgan fingerprint density at radius 3 is 2.57 bits per heavy atom. The molecule has 2 fully saturated rings. The molecule has 4 rings (SSSR count). The maximum Gasteiger partial charge on any atom is 0.494 e. The van der Waals surface area contributed by atoms with E-state index < -0.39 is 0 Å². The summed E-state index contributed by atoms with van der Waals surface area (Å²) in [6, 6.07) is 6.33. The van der Waals surface area contributed by atoms with Gasteiger partial charge < -0.3 is 14.0 Å². The van der Waals surface area contributed by atoms with Crippen LogP contribution < -0.4 is 5.46 Å². The minimum atomic E-state index is -0.329. The fraction of sp³-hybridized carbons (Fsp3) is 0.588. The SMILES string of the molecule is CC1(C)OB(c2ccc3sc(C4CCOC4)nc3c2)OC1(C)C. The van der Waals surface area contributed by atoms with Crippen LogP contribution in [0.1, 0.15) is 45.0 Å². The van der Waals surface area contributed by atoms with Gasteiger partial charge in [0.2, 0.25) is 0 Å². The highest BCUT2D eigenvalue weighted by molar-refractivity contribution is 7.18. The molecule has 2 saturated heterocycles. The van der Waals surface area contributed by atoms with Crippen LogP contribution in [0.2, 0.25) is 0 Å². The van der Waals surface area contributed by atoms with Crippen molar-refractivity contribution in [2.24, 2.45) is 0 Å². The molecule has 1 aromatic carbocycles. The topological polar surface area (TPSA) is 40.6 Å². The molecule has 4 nitrogen and oxygen atoms in total. The van der Waals surface area contributed by atoms with Crippen LogP contribution in [0.5, 0.6) is 0 Å². The summed E-state index contributed by atoms with van der Waals surface area (Å²) in [5.74, 6) is 0.452. The quantitative estimate of drug-likeness (QED) is 0.793. The monoisotopic (exact) mass is 331 g/mol. The van der Waals surface area contributed by atoms with Crippen molar-refractivity contribution in [3.8, 4) is 0 Å². The van der Waals surface area contributed by atoms with E-state index in [2.05, 4.69) is 45.9 Å². The Hall–Kier alpha value is -0.945. The van der Waals surface area contributed by atoms with Gasteiger partial charge in [-0.15, -0.1) is 11.3 Å². The summed E-state index contributed by atoms with van der Waals surface area (Å²) >= 11 is 1.77. The zero-order chi connectivity index (χ0) is 16.2. The van der Waals surface area contributed by atoms with Crippen LogP contribution in [0, 0.1) is 0 Å². The molecule has 0 aliphatic carbocycles. The van der Waals surface area contributed by atoms with Crippen LogP contribution in [-0.2, 0) is 14.0 Å². The molecule has 0 bridgehead atoms. The lowest BCUT2D eigenvalue weighted by Gasteiger charge is -2.32. The summed E-state index contributed by atoms with van der Waals surface area (Å²) in [6.07, 6.45) is 1.07. The van der Waals surface area contributed by atoms with E-state index in [0.29, 0.717) is 5.92 Å². The Morgan fingerprint density at radius 1 is 1.17 bits per heavy atom. The molecule has 0 N–H and O–H groups in total. The van der Waals surface area contributed by atoms with Gasteiger partial charge in [-0.05, 0) is 51.7 Å². The molecule has 1 unspecified atom stereocenters. The molecule has 0 spiro atoms. The van der Waals surface area contributed by atoms with Crippen molar-refractivity contribution in [2.75, 3.05) is 13.2 Å². The van der Waals surface area contributed by atoms with E-state index >= 15 is 0 Å². The normalized spacial score (nSPS) is 26.3. The lowest BCUT2D eigenvalue weighted by molar-refractivity contribution is 0.00578. The van der Waals surface area contributed by atoms with Gasteiger partial charge in [0.1, 0.15) is 0 Å². The molecule has 3 heterocycles. The molecule has 2 aromatic rings. The average Bonchev–Trinajstić information content (AvgIpc) is 3.17. The first-order valence-corrected chi connectivity index (χ1v) is 9.01. The third kappa shape index (κ3) is 2.62. The van der Waals surface area contributed by atoms with Gasteiger partial charge in [0.25, 0.3) is 0 Å². The van der Waals surface area contributed by atoms with Gasteiger partial charge in [0, 0.05) is 12.5 Å². The molecule has 122 valence electrons. The van der Waals surface area contributed by atoms with E-state index in [9.17, 15) is 0 Å². The largest absolute Gasteiger partial charge is 0.494 e. The molecule has 23 heavy (non-hydrogen) atoms. The number of hydrogen-bond donors (Lipinski definition) is 0. The van der Waals surface area contributed by atoms with E-state index in [0.717, 1.165) is 30.6 Å². The van der Waals surface area contributed by atoms with Crippen molar-refractivity contribution in [2.45, 2.75) is 51.2 Å². The number of rotatable bonds is 2. The summed E-state index contributed by atoms with van der Waals surface area (Å²) in [6.45, 7) is 9.95. The van der Waals surface area contributed by atoms with Gasteiger partial charge in [-0.2, -0.15) is 0 Å². The summed E-state index contributed by atoms with van der Waals surface area (Å²) in [7, 11) is -0.329. The molecular weight excluding hydrogens is 309 g/mol. The highest BCUT2D eigenvalue weighted by atomic mass is 32.1. The molecule has 0 amide bonds. The highest BCUT2D eigenvalue weighted by Crippen LogP contribution is 2.37. The standard InChI is InChI=1S/C17H22BNO3S/c1-16(2)17(3,4)22-18(21-16)12-5-6-14-13(9-12)19-15(23-14)11-7-8-20-10-11/h5-6,9,11H,7-8,10H2,1-4H3. The number of thiazole rings is 1. The van der Waals surface area contributed by atoms with E-state index in [1.807, 2.05) is 0 Å². The van der Waals surface area contributed by atoms with E-state index in [4.69, 9.17) is 19.0 Å². The van der Waals surface area contributed by atoms with Gasteiger partial charge in [-0.3, -0.25) is 0 Å². The molecule has 2 aliphatic rings. The molecule has 1 atom stereocenters. The fourth-order valence-electron chi connectivity index (χ4n) is 2.99. The molecular formula is C17H22BNO3S. The van der Waals surface area contributed by atoms with Gasteiger partial charge in [-0.1, -0.05) is 6.07 Å². The predicted octanol–water partition coefficient (Wildman–Crippen LogP) is 3.10. The molecule has 0 saturated carbocycles. The maximum absolute atomic E-state index is 6.14. The van der Waals surface area contributed by atoms with Crippen molar-refractivity contribution in [1.29, 1.82) is 0 Å². The zero-order valence-electron chi connectivity index (χ0n) is 14.1. The third-order valence-electron chi connectivity index (χ3n) is 5.23. The number of ether oxygens (including phenoxy) is 1. The Bertz CT molecular complexity index is 721. The summed E-state index contributed by atoms with van der Waals surface area (Å²) in [5.41, 5.74) is 1.43. The van der Waals surface area contributed by atoms with Crippen LogP contribution >= 0.6 is 11.3 Å². The smallest absolute Gasteiger partial charge is 0.399 e. The van der Waals surface area contributed by atoms with Crippen LogP contribution in [0.4, 0.5) is 0 Å². The Balaban J connectivity index is 1.64. The van der Waals surface area contributed by atoms with E-state index in [1.165, 1.54) is 9.71 Å². The summed E-state index contributed by atoms with van der Waals surface area (Å²) < 4.78 is 19.0. The van der Waals surface area contributed by atoms with Gasteiger partial charge in [0.05, 0.1) is 33.0 Å². The van der Waals surface area contributed by atoms with Crippen molar-refractivity contribution in [1.82, 2.24) is 4.98 Å². The summed E-state index contributed by atoms with van der Waals surface area (Å²) in [4.78, 5) is 4.83. The molecule has 0 radical (unpaired) electrons. The van der Waals surface area contributed by atoms with Crippen LogP contribution in [-0.4, -0.2) is 36.5 Å². The van der Waals surface area contributed by atoms with E-state index in [1.54, 1.807) is 11.3 Å². The Labute approximate surface area is 141 Å². The lowest BCUT2D eigenvalue weighted by atomic mass is 9.79. The Morgan fingerprint density at radius 2 is 1.91 bits per heavy atom. The van der Waals surface area contributed by atoms with Gasteiger partial charge >= 0.3 is 7.12 Å². The predicted molar refractivity (Wildman–Crippen MR) is 93.5 cm³/mol. The van der Waals surface area contributed by atoms with Crippen LogP contribution in [0.15, 0.2) is 18.2 Å². The van der Waals surface area contributed by atoms with Gasteiger partial charge in [-0.25, -0.2) is 4.98 Å². The number of benzene rings is 1. The number of aromatic nitrogens is 1. The number of hydrogen-bond acceptors (Lipinski definition) is 5. The number of nitrogens with zero attached hydrogens (tertiary/aromatic N) is 1. The van der Waals surface area contributed by atoms with Crippen molar-refractivity contribution in [3.05, 3.63) is 23.2 Å². The zero-order valence-corrected chi connectivity index (χ0v) is 14.9. The number of fused-ring (bicyclic) bond motifs is 1. The first-order valence-electron chi connectivity index (χ1n) is 8.19. The minimum Gasteiger partial charge on any atom is -0.399 e. The van der Waals surface area contributed by atoms with Crippen molar-refractivity contribution >= 4 is 34.1 Å². The first-order chi connectivity index (χ1) is 10.9. The lowest BCUT2D eigenvalue weighted by Crippen LogP contribution is -2.41. The maximum atomic E-state index is 6.14. The van der Waals surface area contributed by atoms with Crippen LogP contribution in [0.25, 0.3) is 10.2 Å². The molecule has 2 aliphatic heterocycles.